The molecular weight excluding hydrogens is 292 g/mol. The number of nitrogens with two attached hydrogens (primary N) is 1. The van der Waals surface area contributed by atoms with Crippen LogP contribution in [0.1, 0.15) is 43.2 Å². The summed E-state index contributed by atoms with van der Waals surface area (Å²) in [5, 5.41) is -0.229. The highest BCUT2D eigenvalue weighted by Crippen LogP contribution is 2.23. The lowest BCUT2D eigenvalue weighted by molar-refractivity contribution is 0.477. The van der Waals surface area contributed by atoms with Gasteiger partial charge in [0.25, 0.3) is 0 Å². The predicted octanol–water partition coefficient (Wildman–Crippen LogP) is 2.07. The summed E-state index contributed by atoms with van der Waals surface area (Å²) >= 11 is 4.88. The van der Waals surface area contributed by atoms with E-state index in [9.17, 15) is 8.42 Å². The molecule has 0 amide bonds. The minimum atomic E-state index is -3.21. The Labute approximate surface area is 125 Å². The molecule has 0 spiro atoms. The highest BCUT2D eigenvalue weighted by molar-refractivity contribution is 7.90. The van der Waals surface area contributed by atoms with Crippen molar-refractivity contribution in [1.82, 2.24) is 4.72 Å². The number of rotatable bonds is 5. The molecule has 0 atom stereocenters. The quantitative estimate of drug-likeness (QED) is 0.817. The first-order valence-electron chi connectivity index (χ1n) is 6.86. The van der Waals surface area contributed by atoms with Crippen molar-refractivity contribution in [2.24, 2.45) is 5.73 Å². The number of hydrogen-bond acceptors (Lipinski definition) is 3. The van der Waals surface area contributed by atoms with Gasteiger partial charge >= 0.3 is 0 Å². The summed E-state index contributed by atoms with van der Waals surface area (Å²) < 4.78 is 27.1. The van der Waals surface area contributed by atoms with Gasteiger partial charge in [-0.3, -0.25) is 0 Å². The van der Waals surface area contributed by atoms with E-state index in [-0.39, 0.29) is 5.25 Å². The molecule has 1 aliphatic carbocycles. The van der Waals surface area contributed by atoms with E-state index < -0.39 is 10.0 Å². The average molecular weight is 312 g/mol. The molecule has 1 aromatic rings. The largest absolute Gasteiger partial charge is 0.389 e. The van der Waals surface area contributed by atoms with E-state index in [4.69, 9.17) is 18.0 Å². The van der Waals surface area contributed by atoms with Gasteiger partial charge in [0.1, 0.15) is 4.99 Å². The van der Waals surface area contributed by atoms with Crippen LogP contribution in [0, 0.1) is 0 Å². The van der Waals surface area contributed by atoms with Crippen molar-refractivity contribution in [3.05, 3.63) is 35.4 Å². The smallest absolute Gasteiger partial charge is 0.214 e. The molecule has 0 unspecified atom stereocenters. The fraction of sp³-hybridized carbons (Fsp3) is 0.500. The third-order valence-corrected chi connectivity index (χ3v) is 5.84. The standard InChI is InChI=1S/C14H20N2O2S2/c15-14(19)12-8-6-11(7-9-12)10-16-20(17,18)13-4-2-1-3-5-13/h6-9,13,16H,1-5,10H2,(H2,15,19). The van der Waals surface area contributed by atoms with Crippen LogP contribution in [-0.4, -0.2) is 18.7 Å². The molecule has 0 radical (unpaired) electrons. The Morgan fingerprint density at radius 3 is 2.35 bits per heavy atom. The van der Waals surface area contributed by atoms with Crippen molar-refractivity contribution in [1.29, 1.82) is 0 Å². The van der Waals surface area contributed by atoms with Crippen LogP contribution < -0.4 is 10.5 Å². The van der Waals surface area contributed by atoms with Gasteiger partial charge in [-0.2, -0.15) is 0 Å². The van der Waals surface area contributed by atoms with Gasteiger partial charge in [-0.05, 0) is 18.4 Å². The van der Waals surface area contributed by atoms with Gasteiger partial charge in [0, 0.05) is 12.1 Å². The monoisotopic (exact) mass is 312 g/mol. The topological polar surface area (TPSA) is 72.2 Å². The molecule has 1 aromatic carbocycles. The first-order chi connectivity index (χ1) is 9.49. The van der Waals surface area contributed by atoms with Crippen molar-refractivity contribution in [2.45, 2.75) is 43.9 Å². The molecule has 20 heavy (non-hydrogen) atoms. The summed E-state index contributed by atoms with van der Waals surface area (Å²) in [5.74, 6) is 0. The summed E-state index contributed by atoms with van der Waals surface area (Å²) in [6.07, 6.45) is 4.71. The van der Waals surface area contributed by atoms with Gasteiger partial charge in [-0.25, -0.2) is 13.1 Å². The van der Waals surface area contributed by atoms with Gasteiger partial charge < -0.3 is 5.73 Å². The fourth-order valence-corrected chi connectivity index (χ4v) is 4.16. The summed E-state index contributed by atoms with van der Waals surface area (Å²) in [6.45, 7) is 0.316. The van der Waals surface area contributed by atoms with Gasteiger partial charge in [0.2, 0.25) is 10.0 Å². The van der Waals surface area contributed by atoms with Crippen LogP contribution in [0.15, 0.2) is 24.3 Å². The zero-order valence-electron chi connectivity index (χ0n) is 11.3. The van der Waals surface area contributed by atoms with E-state index >= 15 is 0 Å². The third-order valence-electron chi connectivity index (χ3n) is 3.71. The summed E-state index contributed by atoms with van der Waals surface area (Å²) in [6, 6.07) is 7.31. The molecule has 4 nitrogen and oxygen atoms in total. The van der Waals surface area contributed by atoms with Crippen LogP contribution in [0.2, 0.25) is 0 Å². The first-order valence-corrected chi connectivity index (χ1v) is 8.82. The van der Waals surface area contributed by atoms with Crippen molar-refractivity contribution in [3.8, 4) is 0 Å². The summed E-state index contributed by atoms with van der Waals surface area (Å²) in [4.78, 5) is 0.347. The molecule has 0 bridgehead atoms. The lowest BCUT2D eigenvalue weighted by Gasteiger charge is -2.22. The molecule has 1 fully saturated rings. The number of thiocarbonyl (C=S) groups is 1. The zero-order valence-corrected chi connectivity index (χ0v) is 13.0. The zero-order chi connectivity index (χ0) is 14.6. The van der Waals surface area contributed by atoms with Crippen LogP contribution in [0.5, 0.6) is 0 Å². The Morgan fingerprint density at radius 2 is 1.80 bits per heavy atom. The van der Waals surface area contributed by atoms with Crippen LogP contribution in [0.4, 0.5) is 0 Å². The average Bonchev–Trinajstić information content (AvgIpc) is 2.46. The number of hydrogen-bond donors (Lipinski definition) is 2. The second-order valence-electron chi connectivity index (χ2n) is 5.19. The van der Waals surface area contributed by atoms with Crippen LogP contribution in [-0.2, 0) is 16.6 Å². The van der Waals surface area contributed by atoms with E-state index in [1.807, 2.05) is 24.3 Å². The molecule has 0 aliphatic heterocycles. The molecule has 0 heterocycles. The predicted molar refractivity (Wildman–Crippen MR) is 85.0 cm³/mol. The maximum absolute atomic E-state index is 12.2. The van der Waals surface area contributed by atoms with Crippen molar-refractivity contribution in [3.63, 3.8) is 0 Å². The number of sulfonamides is 1. The Morgan fingerprint density at radius 1 is 1.20 bits per heavy atom. The highest BCUT2D eigenvalue weighted by Gasteiger charge is 2.26. The van der Waals surface area contributed by atoms with Gasteiger partial charge in [-0.1, -0.05) is 55.7 Å². The lowest BCUT2D eigenvalue weighted by Crippen LogP contribution is -2.35. The minimum Gasteiger partial charge on any atom is -0.389 e. The van der Waals surface area contributed by atoms with Crippen LogP contribution in [0.3, 0.4) is 0 Å². The van der Waals surface area contributed by atoms with Gasteiger partial charge in [0.05, 0.1) is 5.25 Å². The van der Waals surface area contributed by atoms with Crippen molar-refractivity contribution >= 4 is 27.2 Å². The maximum Gasteiger partial charge on any atom is 0.214 e. The summed E-state index contributed by atoms with van der Waals surface area (Å²) in [7, 11) is -3.21. The first kappa shape index (κ1) is 15.4. The van der Waals surface area contributed by atoms with Crippen molar-refractivity contribution in [2.75, 3.05) is 0 Å². The molecule has 2 rings (SSSR count). The van der Waals surface area contributed by atoms with E-state index in [1.165, 1.54) is 0 Å². The molecule has 0 saturated heterocycles. The lowest BCUT2D eigenvalue weighted by atomic mass is 10.0. The Balaban J connectivity index is 1.95. The Kier molecular flexibility index (Phi) is 5.12. The molecule has 1 aliphatic rings. The molecule has 6 heteroatoms. The second kappa shape index (κ2) is 6.65. The third kappa shape index (κ3) is 4.01. The van der Waals surface area contributed by atoms with Crippen LogP contribution in [0.25, 0.3) is 0 Å². The van der Waals surface area contributed by atoms with E-state index in [1.54, 1.807) is 0 Å². The highest BCUT2D eigenvalue weighted by atomic mass is 32.2. The number of nitrogens with one attached hydrogen (secondary N) is 1. The van der Waals surface area contributed by atoms with Crippen molar-refractivity contribution < 1.29 is 8.42 Å². The van der Waals surface area contributed by atoms with Crippen LogP contribution >= 0.6 is 12.2 Å². The van der Waals surface area contributed by atoms with E-state index in [0.717, 1.165) is 43.2 Å². The molecule has 110 valence electrons. The fourth-order valence-electron chi connectivity index (χ4n) is 2.46. The molecule has 0 aromatic heterocycles. The normalized spacial score (nSPS) is 17.0. The Hall–Kier alpha value is -0.980. The maximum atomic E-state index is 12.2. The molecular formula is C14H20N2O2S2. The summed E-state index contributed by atoms with van der Waals surface area (Å²) in [5.41, 5.74) is 7.22. The number of benzene rings is 1. The SMILES string of the molecule is NC(=S)c1ccc(CNS(=O)(=O)C2CCCCC2)cc1. The molecule has 1 saturated carbocycles. The Bertz CT molecular complexity index is 561. The van der Waals surface area contributed by atoms with E-state index in [0.29, 0.717) is 11.5 Å². The van der Waals surface area contributed by atoms with E-state index in [2.05, 4.69) is 4.72 Å². The minimum absolute atomic E-state index is 0.229. The molecule has 3 N–H and O–H groups in total. The van der Waals surface area contributed by atoms with Gasteiger partial charge in [-0.15, -0.1) is 0 Å². The van der Waals surface area contributed by atoms with Gasteiger partial charge in [0.15, 0.2) is 0 Å². The second-order valence-corrected chi connectivity index (χ2v) is 7.67.